The maximum Gasteiger partial charge on any atom is 0.325 e. The number of carbonyl (C=O) groups is 2. The first-order valence-corrected chi connectivity index (χ1v) is 10.9. The van der Waals surface area contributed by atoms with Crippen LogP contribution in [0, 0.1) is 0 Å². The first kappa shape index (κ1) is 19.1. The number of anilines is 2. The highest BCUT2D eigenvalue weighted by Gasteiger charge is 2.60. The molecular weight excluding hydrogens is 378 g/mol. The number of likely N-dealkylation sites (N-methyl/N-ethyl adjacent to an activating group) is 1. The van der Waals surface area contributed by atoms with E-state index in [1.54, 1.807) is 9.80 Å². The Bertz CT molecular complexity index is 985. The lowest BCUT2D eigenvalue weighted by molar-refractivity contribution is -0.146. The van der Waals surface area contributed by atoms with Gasteiger partial charge in [0.15, 0.2) is 0 Å². The van der Waals surface area contributed by atoms with E-state index in [1.165, 1.54) is 6.42 Å². The smallest absolute Gasteiger partial charge is 0.325 e. The van der Waals surface area contributed by atoms with E-state index in [0.29, 0.717) is 6.54 Å². The van der Waals surface area contributed by atoms with Gasteiger partial charge in [0.2, 0.25) is 0 Å². The molecule has 156 valence electrons. The fourth-order valence-corrected chi connectivity index (χ4v) is 5.08. The molecule has 1 saturated carbocycles. The highest BCUT2D eigenvalue weighted by molar-refractivity contribution is 6.13. The molecule has 6 nitrogen and oxygen atoms in total. The van der Waals surface area contributed by atoms with Crippen LogP contribution >= 0.6 is 0 Å². The van der Waals surface area contributed by atoms with Crippen LogP contribution in [0.4, 0.5) is 16.2 Å². The summed E-state index contributed by atoms with van der Waals surface area (Å²) >= 11 is 0. The first-order chi connectivity index (χ1) is 14.7. The summed E-state index contributed by atoms with van der Waals surface area (Å²) < 4.78 is 6.32. The molecular formula is C24H27N3O3. The Kier molecular flexibility index (Phi) is 4.74. The van der Waals surface area contributed by atoms with Gasteiger partial charge < -0.3 is 15.0 Å². The molecule has 1 N–H and O–H groups in total. The Balaban J connectivity index is 1.64. The predicted molar refractivity (Wildman–Crippen MR) is 115 cm³/mol. The molecule has 0 bridgehead atoms. The lowest BCUT2D eigenvalue weighted by atomic mass is 9.95. The number of nitrogens with zero attached hydrogens (tertiary/aromatic N) is 2. The van der Waals surface area contributed by atoms with Crippen molar-refractivity contribution in [3.05, 3.63) is 59.7 Å². The van der Waals surface area contributed by atoms with E-state index in [-0.39, 0.29) is 24.6 Å². The summed E-state index contributed by atoms with van der Waals surface area (Å²) in [5, 5.41) is 3.20. The number of nitrogens with one attached hydrogen (secondary N) is 1. The van der Waals surface area contributed by atoms with E-state index < -0.39 is 5.72 Å². The number of ether oxygens (including phenoxy) is 1. The number of benzene rings is 2. The Labute approximate surface area is 176 Å². The van der Waals surface area contributed by atoms with Gasteiger partial charge >= 0.3 is 6.03 Å². The van der Waals surface area contributed by atoms with E-state index >= 15 is 0 Å². The molecule has 6 heteroatoms. The second-order valence-corrected chi connectivity index (χ2v) is 8.25. The van der Waals surface area contributed by atoms with Crippen molar-refractivity contribution in [3.8, 4) is 0 Å². The number of hydrogen-bond acceptors (Lipinski definition) is 3. The van der Waals surface area contributed by atoms with E-state index in [1.807, 2.05) is 55.5 Å². The van der Waals surface area contributed by atoms with Gasteiger partial charge in [-0.1, -0.05) is 55.7 Å². The summed E-state index contributed by atoms with van der Waals surface area (Å²) in [6.07, 6.45) is 5.40. The predicted octanol–water partition coefficient (Wildman–Crippen LogP) is 4.29. The van der Waals surface area contributed by atoms with Gasteiger partial charge in [0.1, 0.15) is 0 Å². The first-order valence-electron chi connectivity index (χ1n) is 10.9. The highest BCUT2D eigenvalue weighted by Crippen LogP contribution is 2.50. The summed E-state index contributed by atoms with van der Waals surface area (Å²) in [7, 11) is 0. The molecule has 1 unspecified atom stereocenters. The molecule has 0 saturated heterocycles. The Hall–Kier alpha value is -2.86. The van der Waals surface area contributed by atoms with Crippen molar-refractivity contribution in [2.45, 2.75) is 57.4 Å². The van der Waals surface area contributed by atoms with Crippen LogP contribution in [0.1, 0.15) is 50.2 Å². The van der Waals surface area contributed by atoms with Crippen molar-refractivity contribution < 1.29 is 14.3 Å². The van der Waals surface area contributed by atoms with Crippen molar-refractivity contribution in [1.29, 1.82) is 0 Å². The zero-order chi connectivity index (χ0) is 20.7. The third-order valence-corrected chi connectivity index (χ3v) is 6.53. The number of para-hydroxylation sites is 2. The lowest BCUT2D eigenvalue weighted by Gasteiger charge is -2.44. The third-order valence-electron chi connectivity index (χ3n) is 6.53. The maximum absolute atomic E-state index is 13.8. The molecule has 3 aliphatic rings. The SMILES string of the molecule is CCN1C(=O)C2(OCc3ccccc3N2C(=O)NC2CCCCC2)c2ccccc21. The van der Waals surface area contributed by atoms with Gasteiger partial charge in [0.25, 0.3) is 11.6 Å². The van der Waals surface area contributed by atoms with Gasteiger partial charge in [-0.15, -0.1) is 0 Å². The van der Waals surface area contributed by atoms with Crippen molar-refractivity contribution in [2.24, 2.45) is 0 Å². The minimum atomic E-state index is -1.47. The summed E-state index contributed by atoms with van der Waals surface area (Å²) in [6, 6.07) is 15.2. The molecule has 1 spiro atoms. The van der Waals surface area contributed by atoms with E-state index in [0.717, 1.165) is 48.2 Å². The summed E-state index contributed by atoms with van der Waals surface area (Å²) in [5.74, 6) is -0.209. The molecule has 0 aromatic heterocycles. The molecule has 3 amide bonds. The second-order valence-electron chi connectivity index (χ2n) is 8.25. The minimum Gasteiger partial charge on any atom is -0.338 e. The minimum absolute atomic E-state index is 0.131. The van der Waals surface area contributed by atoms with Crippen LogP contribution in [0.25, 0.3) is 0 Å². The Morgan fingerprint density at radius 1 is 1.07 bits per heavy atom. The largest absolute Gasteiger partial charge is 0.338 e. The zero-order valence-corrected chi connectivity index (χ0v) is 17.3. The van der Waals surface area contributed by atoms with E-state index in [2.05, 4.69) is 5.32 Å². The maximum atomic E-state index is 13.8. The molecule has 2 aliphatic heterocycles. The van der Waals surface area contributed by atoms with Gasteiger partial charge in [-0.2, -0.15) is 0 Å². The van der Waals surface area contributed by atoms with Gasteiger partial charge in [-0.3, -0.25) is 9.69 Å². The molecule has 1 atom stereocenters. The van der Waals surface area contributed by atoms with Crippen LogP contribution < -0.4 is 15.1 Å². The molecule has 0 radical (unpaired) electrons. The molecule has 30 heavy (non-hydrogen) atoms. The van der Waals surface area contributed by atoms with Crippen LogP contribution in [0.3, 0.4) is 0 Å². The molecule has 1 aliphatic carbocycles. The lowest BCUT2D eigenvalue weighted by Crippen LogP contribution is -2.62. The van der Waals surface area contributed by atoms with E-state index in [4.69, 9.17) is 4.74 Å². The monoisotopic (exact) mass is 405 g/mol. The third kappa shape index (κ3) is 2.74. The number of rotatable bonds is 2. The molecule has 5 rings (SSSR count). The number of carbonyl (C=O) groups excluding carboxylic acids is 2. The number of fused-ring (bicyclic) bond motifs is 3. The summed E-state index contributed by atoms with van der Waals surface area (Å²) in [4.78, 5) is 30.8. The van der Waals surface area contributed by atoms with Gasteiger partial charge in [0.05, 0.1) is 18.0 Å². The molecule has 2 aromatic carbocycles. The topological polar surface area (TPSA) is 61.9 Å². The van der Waals surface area contributed by atoms with Gasteiger partial charge in [-0.05, 0) is 31.9 Å². The summed E-state index contributed by atoms with van der Waals surface area (Å²) in [5.41, 5.74) is 1.70. The Morgan fingerprint density at radius 3 is 2.53 bits per heavy atom. The molecule has 1 fully saturated rings. The number of amides is 3. The fourth-order valence-electron chi connectivity index (χ4n) is 5.08. The van der Waals surface area contributed by atoms with Crippen molar-refractivity contribution in [1.82, 2.24) is 5.32 Å². The number of urea groups is 1. The quantitative estimate of drug-likeness (QED) is 0.811. The van der Waals surface area contributed by atoms with Crippen LogP contribution in [0.15, 0.2) is 48.5 Å². The van der Waals surface area contributed by atoms with Gasteiger partial charge in [0, 0.05) is 23.7 Å². The average molecular weight is 405 g/mol. The molecule has 2 aromatic rings. The van der Waals surface area contributed by atoms with Crippen molar-refractivity contribution in [2.75, 3.05) is 16.3 Å². The summed E-state index contributed by atoms with van der Waals surface area (Å²) in [6.45, 7) is 2.73. The second kappa shape index (κ2) is 7.43. The normalized spacial score (nSPS) is 23.4. The van der Waals surface area contributed by atoms with Crippen molar-refractivity contribution in [3.63, 3.8) is 0 Å². The van der Waals surface area contributed by atoms with Crippen LogP contribution in [0.5, 0.6) is 0 Å². The average Bonchev–Trinajstić information content (AvgIpc) is 3.02. The van der Waals surface area contributed by atoms with Crippen molar-refractivity contribution >= 4 is 23.3 Å². The number of hydrogen-bond donors (Lipinski definition) is 1. The zero-order valence-electron chi connectivity index (χ0n) is 17.3. The van der Waals surface area contributed by atoms with Gasteiger partial charge in [-0.25, -0.2) is 4.79 Å². The Morgan fingerprint density at radius 2 is 1.77 bits per heavy atom. The standard InChI is InChI=1S/C24H27N3O3/c1-2-26-21-15-9-7-13-19(21)24(22(26)28)27(20-14-8-6-10-17(20)16-30-24)23(29)25-18-11-4-3-5-12-18/h6-10,13-15,18H,2-5,11-12,16H2,1H3,(H,25,29). The molecule has 2 heterocycles. The highest BCUT2D eigenvalue weighted by atomic mass is 16.5. The van der Waals surface area contributed by atoms with Crippen LogP contribution in [-0.2, 0) is 21.9 Å². The van der Waals surface area contributed by atoms with E-state index in [9.17, 15) is 9.59 Å². The fraction of sp³-hybridized carbons (Fsp3) is 0.417. The van der Waals surface area contributed by atoms with Crippen LogP contribution in [-0.4, -0.2) is 24.5 Å². The van der Waals surface area contributed by atoms with Crippen LogP contribution in [0.2, 0.25) is 0 Å².